The molecule has 1 atom stereocenters. The molecule has 0 saturated heterocycles. The van der Waals surface area contributed by atoms with E-state index in [1.165, 1.54) is 0 Å². The second kappa shape index (κ2) is 7.47. The van der Waals surface area contributed by atoms with Crippen LogP contribution >= 0.6 is 0 Å². The first-order valence-electron chi connectivity index (χ1n) is 8.79. The molecule has 1 heterocycles. The van der Waals surface area contributed by atoms with E-state index in [-0.39, 0.29) is 0 Å². The maximum Gasteiger partial charge on any atom is 0.123 e. The Labute approximate surface area is 162 Å². The standard InChI is InChI=1S/C23H17N3O2/c1-28-18-11-12-19-20(13-18)26-22(21(25-19)16-5-3-2-4-6-16)23(27)17-9-7-15(14-24)8-10-17/h2-13,23,27H,1H3. The van der Waals surface area contributed by atoms with Gasteiger partial charge < -0.3 is 9.84 Å². The fraction of sp³-hybridized carbons (Fsp3) is 0.0870. The Morgan fingerprint density at radius 1 is 0.929 bits per heavy atom. The molecule has 0 bridgehead atoms. The molecule has 0 radical (unpaired) electrons. The quantitative estimate of drug-likeness (QED) is 0.583. The molecule has 4 rings (SSSR count). The molecule has 0 aliphatic rings. The van der Waals surface area contributed by atoms with Crippen molar-refractivity contribution in [1.82, 2.24) is 9.97 Å². The van der Waals surface area contributed by atoms with Crippen molar-refractivity contribution in [3.8, 4) is 23.1 Å². The number of benzene rings is 3. The van der Waals surface area contributed by atoms with Gasteiger partial charge in [-0.1, -0.05) is 42.5 Å². The zero-order valence-corrected chi connectivity index (χ0v) is 15.2. The van der Waals surface area contributed by atoms with E-state index in [0.29, 0.717) is 33.8 Å². The lowest BCUT2D eigenvalue weighted by molar-refractivity contribution is 0.216. The predicted octanol–water partition coefficient (Wildman–Crippen LogP) is 4.26. The zero-order valence-electron chi connectivity index (χ0n) is 15.2. The third-order valence-corrected chi connectivity index (χ3v) is 4.56. The highest BCUT2D eigenvalue weighted by atomic mass is 16.5. The Kier molecular flexibility index (Phi) is 4.71. The van der Waals surface area contributed by atoms with Gasteiger partial charge in [0.1, 0.15) is 17.5 Å². The number of hydrogen-bond donors (Lipinski definition) is 1. The lowest BCUT2D eigenvalue weighted by atomic mass is 10.00. The number of aliphatic hydroxyl groups excluding tert-OH is 1. The third kappa shape index (κ3) is 3.29. The average molecular weight is 367 g/mol. The molecule has 5 nitrogen and oxygen atoms in total. The first kappa shape index (κ1) is 17.7. The van der Waals surface area contributed by atoms with Gasteiger partial charge in [0.2, 0.25) is 0 Å². The van der Waals surface area contributed by atoms with Crippen LogP contribution in [-0.4, -0.2) is 22.2 Å². The van der Waals surface area contributed by atoms with Crippen LogP contribution in [0.25, 0.3) is 22.3 Å². The Morgan fingerprint density at radius 3 is 2.36 bits per heavy atom. The number of hydrogen-bond acceptors (Lipinski definition) is 5. The summed E-state index contributed by atoms with van der Waals surface area (Å²) in [5.41, 5.74) is 4.49. The third-order valence-electron chi connectivity index (χ3n) is 4.56. The number of aromatic nitrogens is 2. The first-order chi connectivity index (χ1) is 13.7. The Balaban J connectivity index is 1.91. The SMILES string of the molecule is COc1ccc2nc(-c3ccccc3)c(C(O)c3ccc(C#N)cc3)nc2c1. The number of nitriles is 1. The molecule has 4 aromatic rings. The van der Waals surface area contributed by atoms with E-state index in [0.717, 1.165) is 11.1 Å². The summed E-state index contributed by atoms with van der Waals surface area (Å²) in [7, 11) is 1.60. The summed E-state index contributed by atoms with van der Waals surface area (Å²) in [6.45, 7) is 0. The Bertz CT molecular complexity index is 1170. The summed E-state index contributed by atoms with van der Waals surface area (Å²) in [4.78, 5) is 9.49. The largest absolute Gasteiger partial charge is 0.497 e. The number of methoxy groups -OCH3 is 1. The van der Waals surface area contributed by atoms with E-state index in [1.54, 1.807) is 37.4 Å². The predicted molar refractivity (Wildman–Crippen MR) is 107 cm³/mol. The highest BCUT2D eigenvalue weighted by Gasteiger charge is 2.20. The van der Waals surface area contributed by atoms with Crippen molar-refractivity contribution in [2.45, 2.75) is 6.10 Å². The van der Waals surface area contributed by atoms with Gasteiger partial charge >= 0.3 is 0 Å². The van der Waals surface area contributed by atoms with Crippen molar-refractivity contribution in [3.63, 3.8) is 0 Å². The van der Waals surface area contributed by atoms with Crippen molar-refractivity contribution < 1.29 is 9.84 Å². The maximum atomic E-state index is 11.1. The molecule has 0 amide bonds. The molecular weight excluding hydrogens is 350 g/mol. The van der Waals surface area contributed by atoms with E-state index < -0.39 is 6.10 Å². The molecule has 136 valence electrons. The summed E-state index contributed by atoms with van der Waals surface area (Å²) in [6.07, 6.45) is -0.981. The van der Waals surface area contributed by atoms with Crippen LogP contribution in [0.1, 0.15) is 22.9 Å². The van der Waals surface area contributed by atoms with Crippen LogP contribution < -0.4 is 4.74 Å². The zero-order chi connectivity index (χ0) is 19.5. The summed E-state index contributed by atoms with van der Waals surface area (Å²) in [6, 6.07) is 24.0. The normalized spacial score (nSPS) is 11.8. The van der Waals surface area contributed by atoms with Crippen molar-refractivity contribution >= 4 is 11.0 Å². The minimum Gasteiger partial charge on any atom is -0.497 e. The van der Waals surface area contributed by atoms with E-state index in [1.807, 2.05) is 42.5 Å². The number of fused-ring (bicyclic) bond motifs is 1. The van der Waals surface area contributed by atoms with Gasteiger partial charge in [-0.3, -0.25) is 0 Å². The summed E-state index contributed by atoms with van der Waals surface area (Å²) in [5, 5.41) is 20.1. The van der Waals surface area contributed by atoms with Crippen LogP contribution in [0.3, 0.4) is 0 Å². The van der Waals surface area contributed by atoms with E-state index >= 15 is 0 Å². The molecule has 0 fully saturated rings. The minimum absolute atomic E-state index is 0.455. The highest BCUT2D eigenvalue weighted by molar-refractivity contribution is 5.80. The van der Waals surface area contributed by atoms with Gasteiger partial charge in [0.15, 0.2) is 0 Å². The first-order valence-corrected chi connectivity index (χ1v) is 8.79. The molecule has 1 unspecified atom stereocenters. The highest BCUT2D eigenvalue weighted by Crippen LogP contribution is 2.31. The number of nitrogens with zero attached hydrogens (tertiary/aromatic N) is 3. The second-order valence-electron chi connectivity index (χ2n) is 6.31. The number of ether oxygens (including phenoxy) is 1. The molecule has 0 aliphatic heterocycles. The van der Waals surface area contributed by atoms with Crippen LogP contribution in [0.15, 0.2) is 72.8 Å². The molecule has 1 aromatic heterocycles. The van der Waals surface area contributed by atoms with E-state index in [2.05, 4.69) is 6.07 Å². The van der Waals surface area contributed by atoms with Crippen LogP contribution in [0.2, 0.25) is 0 Å². The minimum atomic E-state index is -0.981. The Morgan fingerprint density at radius 2 is 1.68 bits per heavy atom. The van der Waals surface area contributed by atoms with Crippen LogP contribution in [0.4, 0.5) is 0 Å². The van der Waals surface area contributed by atoms with Gasteiger partial charge in [-0.15, -0.1) is 0 Å². The van der Waals surface area contributed by atoms with Gasteiger partial charge in [-0.05, 0) is 29.8 Å². The van der Waals surface area contributed by atoms with Gasteiger partial charge in [0.05, 0.1) is 35.5 Å². The van der Waals surface area contributed by atoms with Crippen LogP contribution in [-0.2, 0) is 0 Å². The molecule has 28 heavy (non-hydrogen) atoms. The fourth-order valence-electron chi connectivity index (χ4n) is 3.07. The molecule has 1 N–H and O–H groups in total. The van der Waals surface area contributed by atoms with Crippen molar-refractivity contribution in [3.05, 3.63) is 89.6 Å². The van der Waals surface area contributed by atoms with Crippen molar-refractivity contribution in [2.75, 3.05) is 7.11 Å². The molecular formula is C23H17N3O2. The number of aliphatic hydroxyl groups is 1. The smallest absolute Gasteiger partial charge is 0.123 e. The summed E-state index contributed by atoms with van der Waals surface area (Å²) in [5.74, 6) is 0.674. The van der Waals surface area contributed by atoms with Gasteiger partial charge in [-0.25, -0.2) is 9.97 Å². The monoisotopic (exact) mass is 367 g/mol. The lowest BCUT2D eigenvalue weighted by Crippen LogP contribution is -2.07. The van der Waals surface area contributed by atoms with Gasteiger partial charge in [0.25, 0.3) is 0 Å². The van der Waals surface area contributed by atoms with Crippen LogP contribution in [0.5, 0.6) is 5.75 Å². The summed E-state index contributed by atoms with van der Waals surface area (Å²) < 4.78 is 5.29. The molecule has 3 aromatic carbocycles. The van der Waals surface area contributed by atoms with Crippen LogP contribution in [0, 0.1) is 11.3 Å². The van der Waals surface area contributed by atoms with Crippen molar-refractivity contribution in [2.24, 2.45) is 0 Å². The molecule has 0 spiro atoms. The maximum absolute atomic E-state index is 11.1. The fourth-order valence-corrected chi connectivity index (χ4v) is 3.07. The van der Waals surface area contributed by atoms with Gasteiger partial charge in [0, 0.05) is 11.6 Å². The molecule has 0 aliphatic carbocycles. The molecule has 5 heteroatoms. The Hall–Kier alpha value is -3.75. The second-order valence-corrected chi connectivity index (χ2v) is 6.31. The summed E-state index contributed by atoms with van der Waals surface area (Å²) >= 11 is 0. The van der Waals surface area contributed by atoms with Crippen molar-refractivity contribution in [1.29, 1.82) is 5.26 Å². The topological polar surface area (TPSA) is 79.0 Å². The lowest BCUT2D eigenvalue weighted by Gasteiger charge is -2.16. The van der Waals surface area contributed by atoms with E-state index in [9.17, 15) is 5.11 Å². The number of rotatable bonds is 4. The van der Waals surface area contributed by atoms with E-state index in [4.69, 9.17) is 20.0 Å². The van der Waals surface area contributed by atoms with Gasteiger partial charge in [-0.2, -0.15) is 5.26 Å². The average Bonchev–Trinajstić information content (AvgIpc) is 2.78. The molecule has 0 saturated carbocycles.